The fourth-order valence-corrected chi connectivity index (χ4v) is 4.69. The average molecular weight is 463 g/mol. The van der Waals surface area contributed by atoms with Gasteiger partial charge in [0, 0.05) is 35.9 Å². The van der Waals surface area contributed by atoms with Crippen LogP contribution in [-0.2, 0) is 7.05 Å². The van der Waals surface area contributed by atoms with Crippen molar-refractivity contribution in [2.45, 2.75) is 18.8 Å². The van der Waals surface area contributed by atoms with Gasteiger partial charge >= 0.3 is 0 Å². The van der Waals surface area contributed by atoms with Crippen LogP contribution < -0.4 is 10.5 Å². The monoisotopic (exact) mass is 462 g/mol. The minimum atomic E-state index is -0.252. The molecule has 0 N–H and O–H groups in total. The molecule has 150 valence electrons. The third-order valence-corrected chi connectivity index (χ3v) is 6.41. The molecule has 2 aromatic heterocycles. The van der Waals surface area contributed by atoms with Crippen LogP contribution in [-0.4, -0.2) is 22.6 Å². The van der Waals surface area contributed by atoms with Crippen molar-refractivity contribution >= 4 is 43.6 Å². The zero-order chi connectivity index (χ0) is 20.8. The van der Waals surface area contributed by atoms with Crippen LogP contribution in [0.2, 0.25) is 0 Å². The van der Waals surface area contributed by atoms with E-state index < -0.39 is 0 Å². The number of oxazole rings is 1. The molecule has 0 bridgehead atoms. The quantitative estimate of drug-likeness (QED) is 0.431. The molecule has 0 spiro atoms. The molecular weight excluding hydrogens is 444 g/mol. The molecule has 0 aliphatic carbocycles. The number of hydrogen-bond donors (Lipinski definition) is 0. The summed E-state index contributed by atoms with van der Waals surface area (Å²) in [5.41, 5.74) is 3.18. The molecule has 6 nitrogen and oxygen atoms in total. The molecule has 0 amide bonds. The standard InChI is InChI=1S/C23H19BrN4O2/c1-27-19-5-3-2-4-16(19)21(17(13-25)23(27)29)28-10-8-14(9-11-28)22-26-18-7-6-15(24)12-20(18)30-22/h2-7,12,14H,8-11H2,1H3. The molecule has 5 rings (SSSR count). The van der Waals surface area contributed by atoms with E-state index in [1.807, 2.05) is 42.5 Å². The molecule has 0 unspecified atom stereocenters. The molecule has 1 saturated heterocycles. The Labute approximate surface area is 181 Å². The molecule has 0 radical (unpaired) electrons. The van der Waals surface area contributed by atoms with Gasteiger partial charge in [-0.25, -0.2) is 4.98 Å². The molecule has 0 atom stereocenters. The van der Waals surface area contributed by atoms with Crippen molar-refractivity contribution in [3.8, 4) is 6.07 Å². The SMILES string of the molecule is Cn1c(=O)c(C#N)c(N2CCC(c3nc4ccc(Br)cc4o3)CC2)c2ccccc21. The van der Waals surface area contributed by atoms with Gasteiger partial charge in [0.2, 0.25) is 0 Å². The third kappa shape index (κ3) is 2.99. The van der Waals surface area contributed by atoms with E-state index in [9.17, 15) is 10.1 Å². The second-order valence-electron chi connectivity index (χ2n) is 7.64. The molecule has 4 aromatic rings. The van der Waals surface area contributed by atoms with Crippen LogP contribution in [0.4, 0.5) is 5.69 Å². The number of aryl methyl sites for hydroxylation is 1. The molecular formula is C23H19BrN4O2. The van der Waals surface area contributed by atoms with Gasteiger partial charge < -0.3 is 13.9 Å². The first-order valence-corrected chi connectivity index (χ1v) is 10.7. The van der Waals surface area contributed by atoms with Gasteiger partial charge in [-0.15, -0.1) is 0 Å². The average Bonchev–Trinajstić information content (AvgIpc) is 3.19. The number of aromatic nitrogens is 2. The number of fused-ring (bicyclic) bond motifs is 2. The number of para-hydroxylation sites is 1. The summed E-state index contributed by atoms with van der Waals surface area (Å²) in [5, 5.41) is 10.7. The molecule has 3 heterocycles. The number of hydrogen-bond acceptors (Lipinski definition) is 5. The van der Waals surface area contributed by atoms with Crippen LogP contribution in [0.1, 0.15) is 30.2 Å². The van der Waals surface area contributed by atoms with Gasteiger partial charge in [0.15, 0.2) is 11.5 Å². The predicted molar refractivity (Wildman–Crippen MR) is 120 cm³/mol. The Kier molecular flexibility index (Phi) is 4.59. The summed E-state index contributed by atoms with van der Waals surface area (Å²) in [6, 6.07) is 15.8. The molecule has 1 aliphatic rings. The van der Waals surface area contributed by atoms with Crippen LogP contribution in [0, 0.1) is 11.3 Å². The summed E-state index contributed by atoms with van der Waals surface area (Å²) in [7, 11) is 1.72. The van der Waals surface area contributed by atoms with Crippen LogP contribution in [0.5, 0.6) is 0 Å². The van der Waals surface area contributed by atoms with Crippen LogP contribution in [0.25, 0.3) is 22.0 Å². The van der Waals surface area contributed by atoms with Gasteiger partial charge in [-0.05, 0) is 37.1 Å². The summed E-state index contributed by atoms with van der Waals surface area (Å²) in [5.74, 6) is 0.980. The number of nitrogens with zero attached hydrogens (tertiary/aromatic N) is 4. The smallest absolute Gasteiger partial charge is 0.270 e. The lowest BCUT2D eigenvalue weighted by atomic mass is 9.95. The summed E-state index contributed by atoms with van der Waals surface area (Å²) >= 11 is 3.47. The Balaban J connectivity index is 1.48. The maximum Gasteiger partial charge on any atom is 0.270 e. The first-order chi connectivity index (χ1) is 14.6. The molecule has 7 heteroatoms. The maximum absolute atomic E-state index is 12.8. The minimum absolute atomic E-state index is 0.210. The van der Waals surface area contributed by atoms with E-state index in [-0.39, 0.29) is 17.0 Å². The highest BCUT2D eigenvalue weighted by Gasteiger charge is 2.28. The van der Waals surface area contributed by atoms with Crippen LogP contribution in [0.15, 0.2) is 56.1 Å². The molecule has 1 aliphatic heterocycles. The zero-order valence-corrected chi connectivity index (χ0v) is 18.0. The van der Waals surface area contributed by atoms with Crippen molar-refractivity contribution in [3.05, 3.63) is 68.7 Å². The molecule has 2 aromatic carbocycles. The summed E-state index contributed by atoms with van der Waals surface area (Å²) in [6.45, 7) is 1.47. The van der Waals surface area contributed by atoms with Gasteiger partial charge in [-0.3, -0.25) is 4.79 Å². The third-order valence-electron chi connectivity index (χ3n) is 5.92. The normalized spacial score (nSPS) is 15.0. The number of anilines is 1. The summed E-state index contributed by atoms with van der Waals surface area (Å²) in [4.78, 5) is 19.6. The van der Waals surface area contributed by atoms with E-state index >= 15 is 0 Å². The zero-order valence-electron chi connectivity index (χ0n) is 16.4. The highest BCUT2D eigenvalue weighted by molar-refractivity contribution is 9.10. The lowest BCUT2D eigenvalue weighted by molar-refractivity contribution is 0.407. The predicted octanol–water partition coefficient (Wildman–Crippen LogP) is 4.70. The largest absolute Gasteiger partial charge is 0.440 e. The van der Waals surface area contributed by atoms with Crippen molar-refractivity contribution in [2.24, 2.45) is 7.05 Å². The van der Waals surface area contributed by atoms with Crippen LogP contribution in [0.3, 0.4) is 0 Å². The number of pyridine rings is 1. The van der Waals surface area contributed by atoms with E-state index in [1.54, 1.807) is 11.6 Å². The molecule has 1 fully saturated rings. The van der Waals surface area contributed by atoms with Crippen molar-refractivity contribution < 1.29 is 4.42 Å². The summed E-state index contributed by atoms with van der Waals surface area (Å²) < 4.78 is 8.54. The fourth-order valence-electron chi connectivity index (χ4n) is 4.35. The van der Waals surface area contributed by atoms with Crippen molar-refractivity contribution in [1.29, 1.82) is 5.26 Å². The second kappa shape index (κ2) is 7.29. The minimum Gasteiger partial charge on any atom is -0.440 e. The molecule has 0 saturated carbocycles. The Morgan fingerprint density at radius 2 is 1.97 bits per heavy atom. The topological polar surface area (TPSA) is 75.1 Å². The first kappa shape index (κ1) is 18.9. The van der Waals surface area contributed by atoms with E-state index in [1.165, 1.54) is 0 Å². The van der Waals surface area contributed by atoms with Gasteiger partial charge in [-0.2, -0.15) is 5.26 Å². The lowest BCUT2D eigenvalue weighted by Crippen LogP contribution is -2.35. The van der Waals surface area contributed by atoms with Crippen molar-refractivity contribution in [1.82, 2.24) is 9.55 Å². The van der Waals surface area contributed by atoms with E-state index in [0.717, 1.165) is 64.0 Å². The summed E-state index contributed by atoms with van der Waals surface area (Å²) in [6.07, 6.45) is 1.70. The van der Waals surface area contributed by atoms with Gasteiger partial charge in [-0.1, -0.05) is 34.1 Å². The van der Waals surface area contributed by atoms with Crippen LogP contribution >= 0.6 is 15.9 Å². The number of rotatable bonds is 2. The lowest BCUT2D eigenvalue weighted by Gasteiger charge is -2.33. The fraction of sp³-hybridized carbons (Fsp3) is 0.261. The Morgan fingerprint density at radius 1 is 1.20 bits per heavy atom. The number of benzene rings is 2. The first-order valence-electron chi connectivity index (χ1n) is 9.89. The van der Waals surface area contributed by atoms with Gasteiger partial charge in [0.25, 0.3) is 5.56 Å². The highest BCUT2D eigenvalue weighted by Crippen LogP contribution is 2.35. The Morgan fingerprint density at radius 3 is 2.73 bits per heavy atom. The maximum atomic E-state index is 12.8. The molecule has 30 heavy (non-hydrogen) atoms. The van der Waals surface area contributed by atoms with Gasteiger partial charge in [0.1, 0.15) is 17.1 Å². The van der Waals surface area contributed by atoms with E-state index in [2.05, 4.69) is 31.9 Å². The Hall–Kier alpha value is -3.11. The van der Waals surface area contributed by atoms with E-state index in [4.69, 9.17) is 4.42 Å². The van der Waals surface area contributed by atoms with Crippen molar-refractivity contribution in [2.75, 3.05) is 18.0 Å². The number of piperidine rings is 1. The van der Waals surface area contributed by atoms with Gasteiger partial charge in [0.05, 0.1) is 11.2 Å². The Bertz CT molecular complexity index is 1370. The number of halogens is 1. The van der Waals surface area contributed by atoms with E-state index in [0.29, 0.717) is 0 Å². The second-order valence-corrected chi connectivity index (χ2v) is 8.56. The number of nitriles is 1. The highest BCUT2D eigenvalue weighted by atomic mass is 79.9. The van der Waals surface area contributed by atoms with Crippen molar-refractivity contribution in [3.63, 3.8) is 0 Å².